The standard InChI is InChI=1S/C22H26N2O3/c1-16-4-3-5-18(12-16)22-20-14-24(15-21(20)27-23-22)13-17-6-8-19(9-7-17)26-11-10-25-2/h3-9,12,20-21H,10-11,13-15H2,1-2H3/t20-,21+/m0/s1. The normalized spacial score (nSPS) is 21.6. The quantitative estimate of drug-likeness (QED) is 0.706. The van der Waals surface area contributed by atoms with Gasteiger partial charge in [-0.05, 0) is 24.6 Å². The van der Waals surface area contributed by atoms with Crippen LogP contribution in [0, 0.1) is 12.8 Å². The van der Waals surface area contributed by atoms with Gasteiger partial charge in [0.25, 0.3) is 0 Å². The van der Waals surface area contributed by atoms with E-state index in [2.05, 4.69) is 53.4 Å². The number of oxime groups is 1. The average Bonchev–Trinajstić information content (AvgIpc) is 3.23. The van der Waals surface area contributed by atoms with Crippen molar-refractivity contribution in [1.82, 2.24) is 4.90 Å². The minimum absolute atomic E-state index is 0.164. The van der Waals surface area contributed by atoms with E-state index in [1.165, 1.54) is 16.7 Å². The number of fused-ring (bicyclic) bond motifs is 1. The number of rotatable bonds is 7. The van der Waals surface area contributed by atoms with Gasteiger partial charge in [-0.1, -0.05) is 47.1 Å². The minimum Gasteiger partial charge on any atom is -0.491 e. The van der Waals surface area contributed by atoms with E-state index in [-0.39, 0.29) is 6.10 Å². The molecule has 2 aromatic carbocycles. The van der Waals surface area contributed by atoms with Gasteiger partial charge in [-0.15, -0.1) is 0 Å². The first-order valence-electron chi connectivity index (χ1n) is 9.47. The molecule has 0 amide bonds. The molecule has 4 rings (SSSR count). The minimum atomic E-state index is 0.164. The number of benzene rings is 2. The van der Waals surface area contributed by atoms with Crippen LogP contribution < -0.4 is 4.74 Å². The Morgan fingerprint density at radius 1 is 1.11 bits per heavy atom. The molecule has 0 aliphatic carbocycles. The molecule has 2 aliphatic heterocycles. The van der Waals surface area contributed by atoms with Gasteiger partial charge in [0.05, 0.1) is 18.2 Å². The van der Waals surface area contributed by atoms with Gasteiger partial charge >= 0.3 is 0 Å². The zero-order valence-corrected chi connectivity index (χ0v) is 15.9. The summed E-state index contributed by atoms with van der Waals surface area (Å²) in [5.41, 5.74) is 4.81. The predicted octanol–water partition coefficient (Wildman–Crippen LogP) is 3.26. The molecule has 5 nitrogen and oxygen atoms in total. The van der Waals surface area contributed by atoms with Crippen molar-refractivity contribution < 1.29 is 14.3 Å². The Morgan fingerprint density at radius 3 is 2.74 bits per heavy atom. The van der Waals surface area contributed by atoms with Crippen molar-refractivity contribution in [3.05, 3.63) is 65.2 Å². The molecule has 5 heteroatoms. The lowest BCUT2D eigenvalue weighted by Gasteiger charge is -2.16. The molecule has 27 heavy (non-hydrogen) atoms. The lowest BCUT2D eigenvalue weighted by Crippen LogP contribution is -2.23. The maximum absolute atomic E-state index is 5.74. The van der Waals surface area contributed by atoms with Gasteiger partial charge in [-0.25, -0.2) is 0 Å². The van der Waals surface area contributed by atoms with Crippen molar-refractivity contribution in [3.63, 3.8) is 0 Å². The molecule has 0 saturated carbocycles. The second kappa shape index (κ2) is 8.11. The number of methoxy groups -OCH3 is 1. The van der Waals surface area contributed by atoms with Crippen LogP contribution in [-0.4, -0.2) is 50.1 Å². The van der Waals surface area contributed by atoms with Crippen LogP contribution in [0.3, 0.4) is 0 Å². The van der Waals surface area contributed by atoms with Gasteiger partial charge in [-0.2, -0.15) is 0 Å². The summed E-state index contributed by atoms with van der Waals surface area (Å²) in [5.74, 6) is 1.23. The molecule has 2 heterocycles. The van der Waals surface area contributed by atoms with E-state index in [9.17, 15) is 0 Å². The summed E-state index contributed by atoms with van der Waals surface area (Å²) >= 11 is 0. The molecule has 0 unspecified atom stereocenters. The van der Waals surface area contributed by atoms with Crippen molar-refractivity contribution >= 4 is 5.71 Å². The van der Waals surface area contributed by atoms with Crippen molar-refractivity contribution in [2.75, 3.05) is 33.4 Å². The van der Waals surface area contributed by atoms with E-state index >= 15 is 0 Å². The molecule has 0 N–H and O–H groups in total. The van der Waals surface area contributed by atoms with Crippen LogP contribution in [-0.2, 0) is 16.1 Å². The Hall–Kier alpha value is -2.37. The number of nitrogens with zero attached hydrogens (tertiary/aromatic N) is 2. The molecule has 2 aliphatic rings. The Labute approximate surface area is 160 Å². The first-order chi connectivity index (χ1) is 13.2. The van der Waals surface area contributed by atoms with Gasteiger partial charge < -0.3 is 14.3 Å². The highest BCUT2D eigenvalue weighted by Gasteiger charge is 2.42. The van der Waals surface area contributed by atoms with E-state index in [4.69, 9.17) is 14.3 Å². The first-order valence-corrected chi connectivity index (χ1v) is 9.47. The molecule has 2 atom stereocenters. The molecule has 0 bridgehead atoms. The Balaban J connectivity index is 1.35. The third-order valence-corrected chi connectivity index (χ3v) is 5.18. The summed E-state index contributed by atoms with van der Waals surface area (Å²) in [6.45, 7) is 6.09. The fourth-order valence-electron chi connectivity index (χ4n) is 3.81. The highest BCUT2D eigenvalue weighted by Crippen LogP contribution is 2.31. The van der Waals surface area contributed by atoms with E-state index < -0.39 is 0 Å². The zero-order valence-electron chi connectivity index (χ0n) is 15.9. The van der Waals surface area contributed by atoms with Gasteiger partial charge in [0.2, 0.25) is 0 Å². The van der Waals surface area contributed by atoms with Crippen molar-refractivity contribution in [2.45, 2.75) is 19.6 Å². The van der Waals surface area contributed by atoms with Gasteiger partial charge in [0.1, 0.15) is 18.5 Å². The predicted molar refractivity (Wildman–Crippen MR) is 105 cm³/mol. The lowest BCUT2D eigenvalue weighted by atomic mass is 9.94. The molecule has 1 saturated heterocycles. The Kier molecular flexibility index (Phi) is 5.41. The van der Waals surface area contributed by atoms with E-state index in [0.717, 1.165) is 31.1 Å². The molecular weight excluding hydrogens is 340 g/mol. The largest absolute Gasteiger partial charge is 0.491 e. The van der Waals surface area contributed by atoms with E-state index in [1.54, 1.807) is 7.11 Å². The Morgan fingerprint density at radius 2 is 1.96 bits per heavy atom. The number of aryl methyl sites for hydroxylation is 1. The summed E-state index contributed by atoms with van der Waals surface area (Å²) in [4.78, 5) is 8.19. The number of hydrogen-bond acceptors (Lipinski definition) is 5. The van der Waals surface area contributed by atoms with Gasteiger partial charge in [-0.3, -0.25) is 4.90 Å². The second-order valence-corrected chi connectivity index (χ2v) is 7.28. The zero-order chi connectivity index (χ0) is 18.6. The van der Waals surface area contributed by atoms with Crippen LogP contribution in [0.4, 0.5) is 0 Å². The summed E-state index contributed by atoms with van der Waals surface area (Å²) in [6, 6.07) is 16.8. The summed E-state index contributed by atoms with van der Waals surface area (Å²) < 4.78 is 10.6. The number of likely N-dealkylation sites (tertiary alicyclic amines) is 1. The van der Waals surface area contributed by atoms with Gasteiger partial charge in [0.15, 0.2) is 0 Å². The lowest BCUT2D eigenvalue weighted by molar-refractivity contribution is 0.0745. The van der Waals surface area contributed by atoms with Crippen molar-refractivity contribution in [1.29, 1.82) is 0 Å². The fourth-order valence-corrected chi connectivity index (χ4v) is 3.81. The summed E-state index contributed by atoms with van der Waals surface area (Å²) in [5, 5.41) is 4.38. The average molecular weight is 366 g/mol. The molecule has 0 radical (unpaired) electrons. The third-order valence-electron chi connectivity index (χ3n) is 5.18. The number of hydrogen-bond donors (Lipinski definition) is 0. The molecule has 2 aromatic rings. The van der Waals surface area contributed by atoms with Crippen LogP contribution in [0.2, 0.25) is 0 Å². The highest BCUT2D eigenvalue weighted by atomic mass is 16.6. The van der Waals surface area contributed by atoms with Crippen LogP contribution >= 0.6 is 0 Å². The summed E-state index contributed by atoms with van der Waals surface area (Å²) in [6.07, 6.45) is 0.164. The third kappa shape index (κ3) is 4.15. The fraction of sp³-hybridized carbons (Fsp3) is 0.409. The van der Waals surface area contributed by atoms with Crippen LogP contribution in [0.25, 0.3) is 0 Å². The van der Waals surface area contributed by atoms with E-state index in [1.807, 2.05) is 12.1 Å². The maximum Gasteiger partial charge on any atom is 0.149 e. The second-order valence-electron chi connectivity index (χ2n) is 7.28. The topological polar surface area (TPSA) is 43.3 Å². The molecular formula is C22H26N2O3. The van der Waals surface area contributed by atoms with Crippen molar-refractivity contribution in [2.24, 2.45) is 11.1 Å². The number of ether oxygens (including phenoxy) is 2. The van der Waals surface area contributed by atoms with Gasteiger partial charge in [0, 0.05) is 32.3 Å². The first kappa shape index (κ1) is 18.0. The smallest absolute Gasteiger partial charge is 0.149 e. The molecule has 0 spiro atoms. The van der Waals surface area contributed by atoms with Crippen molar-refractivity contribution in [3.8, 4) is 5.75 Å². The van der Waals surface area contributed by atoms with Crippen LogP contribution in [0.5, 0.6) is 5.75 Å². The molecule has 142 valence electrons. The van der Waals surface area contributed by atoms with Crippen LogP contribution in [0.1, 0.15) is 16.7 Å². The summed E-state index contributed by atoms with van der Waals surface area (Å²) in [7, 11) is 1.68. The molecule has 0 aromatic heterocycles. The van der Waals surface area contributed by atoms with Crippen LogP contribution in [0.15, 0.2) is 53.7 Å². The maximum atomic E-state index is 5.74. The highest BCUT2D eigenvalue weighted by molar-refractivity contribution is 6.03. The SMILES string of the molecule is COCCOc1ccc(CN2C[C@@H]3C(c4cccc(C)c4)=NO[C@@H]3C2)cc1. The molecule has 1 fully saturated rings. The Bertz CT molecular complexity index is 803. The monoisotopic (exact) mass is 366 g/mol. The van der Waals surface area contributed by atoms with E-state index in [0.29, 0.717) is 19.1 Å².